The standard InChI is InChI=1S/C20H20N6O/c1-12-7-19(23-13(2)22-12)25-10-14-8-15(11-25)26(14)20(27)18-9-21-16-5-3-4-6-17(16)24-18/h3-7,9,14-15H,8,10-11H2,1-2H3. The second-order valence-corrected chi connectivity index (χ2v) is 7.32. The largest absolute Gasteiger partial charge is 0.352 e. The van der Waals surface area contributed by atoms with Crippen LogP contribution in [0.2, 0.25) is 0 Å². The van der Waals surface area contributed by atoms with Crippen molar-refractivity contribution in [2.45, 2.75) is 32.4 Å². The normalized spacial score (nSPS) is 21.3. The Balaban J connectivity index is 1.36. The summed E-state index contributed by atoms with van der Waals surface area (Å²) in [6.45, 7) is 5.48. The molecule has 1 amide bonds. The lowest BCUT2D eigenvalue weighted by molar-refractivity contribution is 0.00522. The lowest BCUT2D eigenvalue weighted by Crippen LogP contribution is -2.70. The van der Waals surface area contributed by atoms with Crippen molar-refractivity contribution in [1.82, 2.24) is 24.8 Å². The maximum Gasteiger partial charge on any atom is 0.274 e. The molecule has 0 aliphatic carbocycles. The van der Waals surface area contributed by atoms with Gasteiger partial charge >= 0.3 is 0 Å². The molecule has 27 heavy (non-hydrogen) atoms. The van der Waals surface area contributed by atoms with E-state index >= 15 is 0 Å². The number of piperazine rings is 1. The van der Waals surface area contributed by atoms with E-state index in [9.17, 15) is 4.79 Å². The molecule has 2 unspecified atom stereocenters. The Hall–Kier alpha value is -3.09. The molecule has 7 heteroatoms. The first-order chi connectivity index (χ1) is 13.1. The molecule has 3 aliphatic heterocycles. The molecule has 0 radical (unpaired) electrons. The van der Waals surface area contributed by atoms with Crippen LogP contribution in [0, 0.1) is 13.8 Å². The van der Waals surface area contributed by atoms with E-state index in [1.807, 2.05) is 49.1 Å². The highest BCUT2D eigenvalue weighted by molar-refractivity contribution is 5.95. The first kappa shape index (κ1) is 16.1. The number of fused-ring (bicyclic) bond motifs is 3. The minimum atomic E-state index is -0.0239. The van der Waals surface area contributed by atoms with Gasteiger partial charge in [0, 0.05) is 24.8 Å². The molecule has 0 spiro atoms. The SMILES string of the molecule is Cc1cc(N2CC3CC(C2)N3C(=O)c2cnc3ccccc3n2)nc(C)n1. The van der Waals surface area contributed by atoms with E-state index in [1.54, 1.807) is 6.20 Å². The van der Waals surface area contributed by atoms with Gasteiger partial charge in [-0.25, -0.2) is 15.0 Å². The van der Waals surface area contributed by atoms with Crippen LogP contribution < -0.4 is 4.90 Å². The van der Waals surface area contributed by atoms with Gasteiger partial charge < -0.3 is 9.80 Å². The third-order valence-electron chi connectivity index (χ3n) is 5.37. The molecule has 3 aliphatic rings. The Morgan fingerprint density at radius 1 is 1.04 bits per heavy atom. The molecular weight excluding hydrogens is 340 g/mol. The van der Waals surface area contributed by atoms with Crippen LogP contribution in [-0.4, -0.2) is 55.9 Å². The maximum absolute atomic E-state index is 13.0. The van der Waals surface area contributed by atoms with Crippen molar-refractivity contribution in [2.24, 2.45) is 0 Å². The zero-order valence-corrected chi connectivity index (χ0v) is 15.3. The van der Waals surface area contributed by atoms with Gasteiger partial charge in [0.25, 0.3) is 5.91 Å². The van der Waals surface area contributed by atoms with E-state index in [4.69, 9.17) is 0 Å². The molecule has 5 heterocycles. The Kier molecular flexibility index (Phi) is 3.56. The fraction of sp³-hybridized carbons (Fsp3) is 0.350. The number of piperidine rings is 1. The van der Waals surface area contributed by atoms with Gasteiger partial charge in [-0.1, -0.05) is 12.1 Å². The van der Waals surface area contributed by atoms with Crippen molar-refractivity contribution in [1.29, 1.82) is 0 Å². The Morgan fingerprint density at radius 3 is 2.52 bits per heavy atom. The first-order valence-electron chi connectivity index (χ1n) is 9.20. The maximum atomic E-state index is 13.0. The van der Waals surface area contributed by atoms with Crippen molar-refractivity contribution in [3.05, 3.63) is 53.7 Å². The number of hydrogen-bond acceptors (Lipinski definition) is 6. The predicted molar refractivity (Wildman–Crippen MR) is 102 cm³/mol. The van der Waals surface area contributed by atoms with E-state index in [1.165, 1.54) is 0 Å². The monoisotopic (exact) mass is 360 g/mol. The summed E-state index contributed by atoms with van der Waals surface area (Å²) < 4.78 is 0. The Bertz CT molecular complexity index is 1020. The number of amides is 1. The van der Waals surface area contributed by atoms with Crippen LogP contribution in [0.3, 0.4) is 0 Å². The van der Waals surface area contributed by atoms with Crippen molar-refractivity contribution in [2.75, 3.05) is 18.0 Å². The highest BCUT2D eigenvalue weighted by Gasteiger charge is 2.48. The molecule has 2 atom stereocenters. The molecule has 2 bridgehead atoms. The molecular formula is C20H20N6O. The van der Waals surface area contributed by atoms with E-state index < -0.39 is 0 Å². The number of para-hydroxylation sites is 2. The van der Waals surface area contributed by atoms with Crippen LogP contribution in [0.5, 0.6) is 0 Å². The number of carbonyl (C=O) groups excluding carboxylic acids is 1. The van der Waals surface area contributed by atoms with Gasteiger partial charge in [0.1, 0.15) is 17.3 Å². The minimum absolute atomic E-state index is 0.0239. The van der Waals surface area contributed by atoms with Crippen LogP contribution in [-0.2, 0) is 0 Å². The summed E-state index contributed by atoms with van der Waals surface area (Å²) in [6.07, 6.45) is 2.62. The highest BCUT2D eigenvalue weighted by Crippen LogP contribution is 2.35. The Labute approximate surface area is 157 Å². The van der Waals surface area contributed by atoms with Crippen molar-refractivity contribution < 1.29 is 4.79 Å². The second-order valence-electron chi connectivity index (χ2n) is 7.32. The van der Waals surface area contributed by atoms with E-state index in [0.29, 0.717) is 5.69 Å². The topological polar surface area (TPSA) is 75.1 Å². The first-order valence-corrected chi connectivity index (χ1v) is 9.20. The molecule has 1 aromatic carbocycles. The zero-order chi connectivity index (χ0) is 18.5. The third-order valence-corrected chi connectivity index (χ3v) is 5.37. The number of aromatic nitrogens is 4. The van der Waals surface area contributed by atoms with Gasteiger partial charge in [0.05, 0.1) is 29.3 Å². The lowest BCUT2D eigenvalue weighted by Gasteiger charge is -2.56. The number of aryl methyl sites for hydroxylation is 2. The molecule has 3 fully saturated rings. The van der Waals surface area contributed by atoms with Gasteiger partial charge in [-0.2, -0.15) is 0 Å². The van der Waals surface area contributed by atoms with Gasteiger partial charge in [-0.3, -0.25) is 9.78 Å². The van der Waals surface area contributed by atoms with Gasteiger partial charge in [-0.05, 0) is 32.4 Å². The summed E-state index contributed by atoms with van der Waals surface area (Å²) in [5, 5.41) is 0. The zero-order valence-electron chi connectivity index (χ0n) is 15.3. The number of hydrogen-bond donors (Lipinski definition) is 0. The number of carbonyl (C=O) groups is 1. The van der Waals surface area contributed by atoms with Gasteiger partial charge in [0.2, 0.25) is 0 Å². The summed E-state index contributed by atoms with van der Waals surface area (Å²) in [5.74, 6) is 1.71. The van der Waals surface area contributed by atoms with E-state index in [2.05, 4.69) is 24.8 Å². The average molecular weight is 360 g/mol. The lowest BCUT2D eigenvalue weighted by atomic mass is 9.87. The van der Waals surface area contributed by atoms with Crippen LogP contribution in [0.15, 0.2) is 36.5 Å². The predicted octanol–water partition coefficient (Wildman–Crippen LogP) is 2.14. The molecule has 0 N–H and O–H groups in total. The molecule has 0 saturated carbocycles. The van der Waals surface area contributed by atoms with Crippen LogP contribution in [0.1, 0.15) is 28.4 Å². The van der Waals surface area contributed by atoms with E-state index in [0.717, 1.165) is 47.9 Å². The summed E-state index contributed by atoms with van der Waals surface area (Å²) in [7, 11) is 0. The molecule has 2 aromatic heterocycles. The number of anilines is 1. The highest BCUT2D eigenvalue weighted by atomic mass is 16.2. The fourth-order valence-electron chi connectivity index (χ4n) is 4.18. The number of rotatable bonds is 2. The summed E-state index contributed by atoms with van der Waals surface area (Å²) >= 11 is 0. The summed E-state index contributed by atoms with van der Waals surface area (Å²) in [5.41, 5.74) is 2.95. The number of nitrogens with zero attached hydrogens (tertiary/aromatic N) is 6. The summed E-state index contributed by atoms with van der Waals surface area (Å²) in [6, 6.07) is 10.0. The number of benzene rings is 1. The fourth-order valence-corrected chi connectivity index (χ4v) is 4.18. The van der Waals surface area contributed by atoms with Gasteiger partial charge in [0.15, 0.2) is 0 Å². The smallest absolute Gasteiger partial charge is 0.274 e. The molecule has 3 saturated heterocycles. The van der Waals surface area contributed by atoms with Crippen LogP contribution in [0.4, 0.5) is 5.82 Å². The minimum Gasteiger partial charge on any atom is -0.352 e. The third kappa shape index (κ3) is 2.70. The average Bonchev–Trinajstić information content (AvgIpc) is 2.67. The molecule has 6 rings (SSSR count). The molecule has 136 valence electrons. The van der Waals surface area contributed by atoms with Gasteiger partial charge in [-0.15, -0.1) is 0 Å². The van der Waals surface area contributed by atoms with Crippen LogP contribution >= 0.6 is 0 Å². The Morgan fingerprint density at radius 2 is 1.78 bits per heavy atom. The van der Waals surface area contributed by atoms with Crippen molar-refractivity contribution in [3.8, 4) is 0 Å². The van der Waals surface area contributed by atoms with E-state index in [-0.39, 0.29) is 18.0 Å². The van der Waals surface area contributed by atoms with Crippen molar-refractivity contribution in [3.63, 3.8) is 0 Å². The second kappa shape index (κ2) is 5.97. The molecule has 7 nitrogen and oxygen atoms in total. The van der Waals surface area contributed by atoms with Crippen molar-refractivity contribution >= 4 is 22.8 Å². The quantitative estimate of drug-likeness (QED) is 0.697. The summed E-state index contributed by atoms with van der Waals surface area (Å²) in [4.78, 5) is 35.1. The molecule has 3 aromatic rings. The van der Waals surface area contributed by atoms with Crippen LogP contribution in [0.25, 0.3) is 11.0 Å².